The first-order valence-electron chi connectivity index (χ1n) is 10.2. The van der Waals surface area contributed by atoms with Crippen molar-refractivity contribution in [2.24, 2.45) is 0 Å². The Morgan fingerprint density at radius 2 is 2.03 bits per heavy atom. The van der Waals surface area contributed by atoms with Gasteiger partial charge in [-0.05, 0) is 55.0 Å². The van der Waals surface area contributed by atoms with Crippen LogP contribution in [0.3, 0.4) is 0 Å². The standard InChI is InChI=1S/C24H25N5O3/c1-4-5-6-7-15(2)13-32-24(31)21-8-16(3)18(11-26-21)20-9-17-10-22(28-14-30)27-12-19(17)23(25)29-20/h5-12,14H,4,13H2,1-3H3,(H2,25,29)(H,27,28,30)/b6-5-,15-7+. The summed E-state index contributed by atoms with van der Waals surface area (Å²) in [5, 5.41) is 3.97. The molecule has 0 bridgehead atoms. The Morgan fingerprint density at radius 1 is 1.22 bits per heavy atom. The van der Waals surface area contributed by atoms with Crippen LogP contribution in [-0.4, -0.2) is 33.9 Å². The summed E-state index contributed by atoms with van der Waals surface area (Å²) in [6, 6.07) is 5.22. The number of amides is 1. The molecule has 0 aliphatic heterocycles. The second-order valence-corrected chi connectivity index (χ2v) is 7.26. The van der Waals surface area contributed by atoms with Gasteiger partial charge in [-0.2, -0.15) is 0 Å². The van der Waals surface area contributed by atoms with Gasteiger partial charge in [-0.15, -0.1) is 0 Å². The number of hydrogen-bond donors (Lipinski definition) is 2. The molecule has 3 heterocycles. The third-order valence-corrected chi connectivity index (χ3v) is 4.73. The first-order chi connectivity index (χ1) is 15.4. The molecule has 8 nitrogen and oxygen atoms in total. The highest BCUT2D eigenvalue weighted by atomic mass is 16.5. The van der Waals surface area contributed by atoms with Gasteiger partial charge in [-0.3, -0.25) is 4.79 Å². The van der Waals surface area contributed by atoms with Crippen LogP contribution in [0.25, 0.3) is 22.0 Å². The van der Waals surface area contributed by atoms with Crippen LogP contribution in [0.15, 0.2) is 54.4 Å². The molecule has 3 aromatic rings. The summed E-state index contributed by atoms with van der Waals surface area (Å²) >= 11 is 0. The number of pyridine rings is 3. The molecule has 32 heavy (non-hydrogen) atoms. The summed E-state index contributed by atoms with van der Waals surface area (Å²) in [5.41, 5.74) is 9.41. The second kappa shape index (κ2) is 10.3. The van der Waals surface area contributed by atoms with Gasteiger partial charge in [-0.25, -0.2) is 19.7 Å². The quantitative estimate of drug-likeness (QED) is 0.311. The van der Waals surface area contributed by atoms with E-state index in [0.717, 1.165) is 28.5 Å². The summed E-state index contributed by atoms with van der Waals surface area (Å²) in [5.74, 6) is 0.227. The van der Waals surface area contributed by atoms with Crippen LogP contribution in [0.2, 0.25) is 0 Å². The predicted octanol–water partition coefficient (Wildman–Crippen LogP) is 4.22. The SMILES string of the molecule is CC/C=C\C=C(/C)COC(=O)c1cc(C)c(-c2cc3cc(NC=O)ncc3c(N)n2)cn1. The van der Waals surface area contributed by atoms with E-state index in [1.54, 1.807) is 24.5 Å². The Hall–Kier alpha value is -4.07. The molecule has 0 aliphatic rings. The minimum Gasteiger partial charge on any atom is -0.456 e. The molecule has 0 saturated heterocycles. The van der Waals surface area contributed by atoms with Crippen LogP contribution >= 0.6 is 0 Å². The van der Waals surface area contributed by atoms with Gasteiger partial charge in [0, 0.05) is 23.3 Å². The van der Waals surface area contributed by atoms with Crippen LogP contribution in [0.5, 0.6) is 0 Å². The number of allylic oxidation sites excluding steroid dienone is 3. The Labute approximate surface area is 186 Å². The minimum absolute atomic E-state index is 0.198. The first kappa shape index (κ1) is 22.6. The first-order valence-corrected chi connectivity index (χ1v) is 10.2. The van der Waals surface area contributed by atoms with E-state index in [1.807, 2.05) is 38.1 Å². The third kappa shape index (κ3) is 5.34. The summed E-state index contributed by atoms with van der Waals surface area (Å²) in [6.07, 6.45) is 10.5. The Morgan fingerprint density at radius 3 is 2.75 bits per heavy atom. The van der Waals surface area contributed by atoms with Gasteiger partial charge < -0.3 is 15.8 Å². The van der Waals surface area contributed by atoms with Crippen molar-refractivity contribution in [1.82, 2.24) is 15.0 Å². The van der Waals surface area contributed by atoms with Crippen molar-refractivity contribution < 1.29 is 14.3 Å². The van der Waals surface area contributed by atoms with Crippen LogP contribution in [0, 0.1) is 6.92 Å². The topological polar surface area (TPSA) is 120 Å². The number of aryl methyl sites for hydroxylation is 1. The zero-order valence-corrected chi connectivity index (χ0v) is 18.3. The van der Waals surface area contributed by atoms with Crippen LogP contribution in [0.1, 0.15) is 36.3 Å². The Balaban J connectivity index is 1.83. The largest absolute Gasteiger partial charge is 0.456 e. The summed E-state index contributed by atoms with van der Waals surface area (Å²) in [4.78, 5) is 35.9. The molecule has 0 unspecified atom stereocenters. The number of nitrogens with one attached hydrogen (secondary N) is 1. The second-order valence-electron chi connectivity index (χ2n) is 7.26. The molecule has 1 amide bonds. The maximum absolute atomic E-state index is 12.4. The van der Waals surface area contributed by atoms with Crippen LogP contribution in [0.4, 0.5) is 11.6 Å². The molecule has 3 N–H and O–H groups in total. The lowest BCUT2D eigenvalue weighted by Gasteiger charge is -2.11. The zero-order chi connectivity index (χ0) is 23.1. The maximum atomic E-state index is 12.4. The molecule has 0 saturated carbocycles. The van der Waals surface area contributed by atoms with E-state index >= 15 is 0 Å². The molecule has 0 spiro atoms. The summed E-state index contributed by atoms with van der Waals surface area (Å²) in [7, 11) is 0. The molecule has 0 aromatic carbocycles. The number of fused-ring (bicyclic) bond motifs is 1. The van der Waals surface area contributed by atoms with E-state index in [-0.39, 0.29) is 12.3 Å². The van der Waals surface area contributed by atoms with Gasteiger partial charge in [0.15, 0.2) is 0 Å². The van der Waals surface area contributed by atoms with Crippen molar-refractivity contribution >= 4 is 34.8 Å². The zero-order valence-electron chi connectivity index (χ0n) is 18.3. The number of carbonyl (C=O) groups is 2. The fourth-order valence-electron chi connectivity index (χ4n) is 3.06. The number of carbonyl (C=O) groups excluding carboxylic acids is 2. The van der Waals surface area contributed by atoms with E-state index in [0.29, 0.717) is 29.1 Å². The van der Waals surface area contributed by atoms with Crippen LogP contribution in [-0.2, 0) is 9.53 Å². The van der Waals surface area contributed by atoms with Crippen molar-refractivity contribution in [2.75, 3.05) is 17.7 Å². The monoisotopic (exact) mass is 431 g/mol. The average molecular weight is 431 g/mol. The lowest BCUT2D eigenvalue weighted by atomic mass is 10.0. The van der Waals surface area contributed by atoms with Crippen molar-refractivity contribution in [3.63, 3.8) is 0 Å². The third-order valence-electron chi connectivity index (χ3n) is 4.73. The smallest absolute Gasteiger partial charge is 0.357 e. The number of anilines is 2. The highest BCUT2D eigenvalue weighted by Gasteiger charge is 2.14. The van der Waals surface area contributed by atoms with E-state index in [4.69, 9.17) is 10.5 Å². The Kier molecular flexibility index (Phi) is 7.28. The number of ether oxygens (including phenoxy) is 1. The highest BCUT2D eigenvalue weighted by molar-refractivity contribution is 5.95. The number of nitrogen functional groups attached to an aromatic ring is 1. The fourth-order valence-corrected chi connectivity index (χ4v) is 3.06. The lowest BCUT2D eigenvalue weighted by Crippen LogP contribution is -2.10. The molecule has 3 rings (SSSR count). The lowest BCUT2D eigenvalue weighted by molar-refractivity contribution is -0.105. The summed E-state index contributed by atoms with van der Waals surface area (Å²) in [6.45, 7) is 6.01. The van der Waals surface area contributed by atoms with Gasteiger partial charge in [0.05, 0.1) is 5.69 Å². The molecule has 0 fully saturated rings. The van der Waals surface area contributed by atoms with Gasteiger partial charge >= 0.3 is 5.97 Å². The van der Waals surface area contributed by atoms with Crippen LogP contribution < -0.4 is 11.1 Å². The molecule has 0 aliphatic carbocycles. The number of rotatable bonds is 8. The van der Waals surface area contributed by atoms with Gasteiger partial charge in [-0.1, -0.05) is 25.2 Å². The highest BCUT2D eigenvalue weighted by Crippen LogP contribution is 2.29. The average Bonchev–Trinajstić information content (AvgIpc) is 2.77. The Bertz CT molecular complexity index is 1220. The molecule has 0 atom stereocenters. The number of nitrogens with two attached hydrogens (primary N) is 1. The van der Waals surface area contributed by atoms with E-state index < -0.39 is 5.97 Å². The molecule has 8 heteroatoms. The van der Waals surface area contributed by atoms with Crippen molar-refractivity contribution in [3.05, 3.63) is 65.7 Å². The van der Waals surface area contributed by atoms with Gasteiger partial charge in [0.25, 0.3) is 0 Å². The maximum Gasteiger partial charge on any atom is 0.357 e. The minimum atomic E-state index is -0.492. The van der Waals surface area contributed by atoms with E-state index in [9.17, 15) is 9.59 Å². The van der Waals surface area contributed by atoms with Crippen molar-refractivity contribution in [1.29, 1.82) is 0 Å². The predicted molar refractivity (Wildman–Crippen MR) is 125 cm³/mol. The van der Waals surface area contributed by atoms with Gasteiger partial charge in [0.1, 0.15) is 23.9 Å². The van der Waals surface area contributed by atoms with Crippen molar-refractivity contribution in [2.45, 2.75) is 27.2 Å². The number of nitrogens with zero attached hydrogens (tertiary/aromatic N) is 3. The van der Waals surface area contributed by atoms with Crippen molar-refractivity contribution in [3.8, 4) is 11.3 Å². The van der Waals surface area contributed by atoms with E-state index in [1.165, 1.54) is 0 Å². The molecule has 3 aromatic heterocycles. The molecular weight excluding hydrogens is 406 g/mol. The van der Waals surface area contributed by atoms with E-state index in [2.05, 4.69) is 27.2 Å². The molecule has 164 valence electrons. The molecular formula is C24H25N5O3. The van der Waals surface area contributed by atoms with Gasteiger partial charge in [0.2, 0.25) is 6.41 Å². The number of hydrogen-bond acceptors (Lipinski definition) is 7. The number of aromatic nitrogens is 3. The molecule has 0 radical (unpaired) electrons. The fraction of sp³-hybridized carbons (Fsp3) is 0.208. The normalized spacial score (nSPS) is 11.7. The summed E-state index contributed by atoms with van der Waals surface area (Å²) < 4.78 is 5.35. The number of esters is 1.